The van der Waals surface area contributed by atoms with Gasteiger partial charge in [-0.2, -0.15) is 0 Å². The maximum Gasteiger partial charge on any atom is 0.293 e. The number of benzene rings is 4. The van der Waals surface area contributed by atoms with Crippen molar-refractivity contribution >= 4 is 44.0 Å². The molecule has 1 unspecified atom stereocenters. The Hall–Kier alpha value is -6.33. The number of piperidine rings is 1. The summed E-state index contributed by atoms with van der Waals surface area (Å²) in [7, 11) is -4.58. The first-order valence-corrected chi connectivity index (χ1v) is 27.4. The van der Waals surface area contributed by atoms with E-state index in [-0.39, 0.29) is 28.3 Å². The Balaban J connectivity index is 0.832. The number of piperazine rings is 1. The number of H-pyrrole nitrogens is 1. The monoisotopic (exact) mass is 1010 g/mol. The van der Waals surface area contributed by atoms with Crippen molar-refractivity contribution in [3.8, 4) is 11.5 Å². The lowest BCUT2D eigenvalue weighted by atomic mass is 9.59. The fourth-order valence-electron chi connectivity index (χ4n) is 11.9. The summed E-state index contributed by atoms with van der Waals surface area (Å²) >= 11 is 0. The molecule has 4 aliphatic rings. The average molecular weight is 1010 g/mol. The van der Waals surface area contributed by atoms with Crippen LogP contribution in [0.1, 0.15) is 117 Å². The Labute approximate surface area is 428 Å². The van der Waals surface area contributed by atoms with Crippen molar-refractivity contribution < 1.29 is 28.0 Å². The minimum Gasteiger partial charge on any atom is -0.455 e. The summed E-state index contributed by atoms with van der Waals surface area (Å²) in [4.78, 5) is 40.6. The van der Waals surface area contributed by atoms with Crippen LogP contribution < -0.4 is 19.7 Å². The van der Waals surface area contributed by atoms with Gasteiger partial charge in [0.1, 0.15) is 22.8 Å². The second-order valence-electron chi connectivity index (χ2n) is 21.9. The van der Waals surface area contributed by atoms with E-state index in [1.165, 1.54) is 34.4 Å². The summed E-state index contributed by atoms with van der Waals surface area (Å²) < 4.78 is 36.3. The van der Waals surface area contributed by atoms with Crippen molar-refractivity contribution in [3.63, 3.8) is 0 Å². The lowest BCUT2D eigenvalue weighted by Gasteiger charge is -2.58. The van der Waals surface area contributed by atoms with Gasteiger partial charge < -0.3 is 25.0 Å². The molecule has 2 saturated carbocycles. The van der Waals surface area contributed by atoms with Crippen molar-refractivity contribution in [2.24, 2.45) is 11.3 Å². The number of aliphatic hydroxyl groups is 1. The first-order valence-electron chi connectivity index (χ1n) is 25.9. The number of carbonyl (C=O) groups is 1. The van der Waals surface area contributed by atoms with Crippen molar-refractivity contribution in [1.29, 1.82) is 0 Å². The molecule has 384 valence electrons. The molecule has 4 fully saturated rings. The zero-order valence-corrected chi connectivity index (χ0v) is 43.2. The maximum atomic E-state index is 14.1. The Morgan fingerprint density at radius 1 is 0.945 bits per heavy atom. The maximum absolute atomic E-state index is 14.1. The molecular formula is C57H68N8O7S. The molecule has 4 N–H and O–H groups in total. The smallest absolute Gasteiger partial charge is 0.293 e. The van der Waals surface area contributed by atoms with E-state index in [2.05, 4.69) is 104 Å². The minimum absolute atomic E-state index is 0.0244. The van der Waals surface area contributed by atoms with Crippen molar-refractivity contribution in [2.75, 3.05) is 49.5 Å². The number of carbonyl (C=O) groups excluding carboxylic acids is 1. The van der Waals surface area contributed by atoms with Gasteiger partial charge in [-0.25, -0.2) is 18.1 Å². The summed E-state index contributed by atoms with van der Waals surface area (Å²) in [6, 6.07) is 31.2. The van der Waals surface area contributed by atoms with E-state index in [1.807, 2.05) is 19.1 Å². The van der Waals surface area contributed by atoms with E-state index in [0.29, 0.717) is 48.8 Å². The SMILES string of the molecule is Cc1ccc(CN2CCN(C3CC4(CCN(c5ccc(C(=O)NS(=O)(=O)c6ccc(NCC7CCC(C)(O)CC7)c([N+](=O)[O-])c6)c(Oc6cnc7[nH]ccc7c6)c5)CC4)C3)C(c3ccccc3C(C)C)C2)cc1. The van der Waals surface area contributed by atoms with Crippen LogP contribution in [0.2, 0.25) is 0 Å². The van der Waals surface area contributed by atoms with E-state index in [0.717, 1.165) is 94.9 Å². The van der Waals surface area contributed by atoms with E-state index in [4.69, 9.17) is 4.74 Å². The van der Waals surface area contributed by atoms with Crippen molar-refractivity contribution in [3.05, 3.63) is 147 Å². The van der Waals surface area contributed by atoms with Gasteiger partial charge in [0, 0.05) is 87.3 Å². The number of fused-ring (bicyclic) bond motifs is 1. The van der Waals surface area contributed by atoms with Crippen molar-refractivity contribution in [1.82, 2.24) is 24.5 Å². The van der Waals surface area contributed by atoms with Gasteiger partial charge in [0.25, 0.3) is 21.6 Å². The van der Waals surface area contributed by atoms with E-state index >= 15 is 0 Å². The predicted molar refractivity (Wildman–Crippen MR) is 285 cm³/mol. The molecule has 1 atom stereocenters. The molecule has 1 amide bonds. The summed E-state index contributed by atoms with van der Waals surface area (Å²) in [6.07, 6.45) is 10.5. The van der Waals surface area contributed by atoms with Gasteiger partial charge in [-0.15, -0.1) is 0 Å². The van der Waals surface area contributed by atoms with E-state index in [9.17, 15) is 28.4 Å². The first-order chi connectivity index (χ1) is 35.0. The molecule has 0 radical (unpaired) electrons. The van der Waals surface area contributed by atoms with Gasteiger partial charge in [-0.05, 0) is 136 Å². The molecule has 1 spiro atoms. The third kappa shape index (κ3) is 11.1. The highest BCUT2D eigenvalue weighted by atomic mass is 32.2. The number of hydrogen-bond donors (Lipinski definition) is 4. The van der Waals surface area contributed by atoms with Crippen LogP contribution in [0.5, 0.6) is 11.5 Å². The van der Waals surface area contributed by atoms with Gasteiger partial charge in [0.2, 0.25) is 0 Å². The lowest BCUT2D eigenvalue weighted by Crippen LogP contribution is -2.60. The number of aryl methyl sites for hydroxylation is 1. The van der Waals surface area contributed by atoms with Crippen LogP contribution in [0.4, 0.5) is 17.1 Å². The van der Waals surface area contributed by atoms with E-state index < -0.39 is 37.0 Å². The molecule has 73 heavy (non-hydrogen) atoms. The minimum atomic E-state index is -4.58. The number of nitrogens with one attached hydrogen (secondary N) is 3. The van der Waals surface area contributed by atoms with Crippen LogP contribution >= 0.6 is 0 Å². The zero-order valence-electron chi connectivity index (χ0n) is 42.3. The number of anilines is 2. The topological polar surface area (TPSA) is 186 Å². The molecule has 10 rings (SSSR count). The number of nitro benzene ring substituents is 1. The van der Waals surface area contributed by atoms with Gasteiger partial charge in [-0.1, -0.05) is 67.9 Å². The van der Waals surface area contributed by atoms with Crippen LogP contribution in [-0.2, 0) is 16.6 Å². The number of nitrogens with zero attached hydrogens (tertiary/aromatic N) is 5. The summed E-state index contributed by atoms with van der Waals surface area (Å²) in [5.74, 6) is 0.198. The van der Waals surface area contributed by atoms with Crippen LogP contribution in [0, 0.1) is 28.4 Å². The number of pyridine rings is 1. The molecule has 2 aromatic heterocycles. The van der Waals surface area contributed by atoms with Crippen LogP contribution in [0.25, 0.3) is 11.0 Å². The largest absolute Gasteiger partial charge is 0.455 e. The van der Waals surface area contributed by atoms with E-state index in [1.54, 1.807) is 30.6 Å². The Kier molecular flexibility index (Phi) is 14.1. The third-order valence-corrected chi connectivity index (χ3v) is 17.6. The van der Waals surface area contributed by atoms with Gasteiger partial charge in [0.15, 0.2) is 0 Å². The Morgan fingerprint density at radius 2 is 1.70 bits per heavy atom. The van der Waals surface area contributed by atoms with Crippen LogP contribution in [0.3, 0.4) is 0 Å². The van der Waals surface area contributed by atoms with Gasteiger partial charge in [0.05, 0.1) is 27.2 Å². The number of amides is 1. The number of aromatic amines is 1. The molecule has 16 heteroatoms. The molecule has 4 heterocycles. The van der Waals surface area contributed by atoms with Gasteiger partial charge >= 0.3 is 0 Å². The predicted octanol–water partition coefficient (Wildman–Crippen LogP) is 10.5. The number of rotatable bonds is 15. The Bertz CT molecular complexity index is 3080. The molecule has 2 aliphatic carbocycles. The second-order valence-corrected chi connectivity index (χ2v) is 23.6. The quantitative estimate of drug-likeness (QED) is 0.0564. The number of nitro groups is 1. The molecule has 2 saturated heterocycles. The molecular weight excluding hydrogens is 941 g/mol. The van der Waals surface area contributed by atoms with Crippen LogP contribution in [0.15, 0.2) is 114 Å². The standard InChI is InChI=1S/C57H68N8O7S/c1-38(2)47-7-5-6-8-48(47)52-37-62(36-41-11-9-39(3)10-12-41)27-28-64(52)44-32-57(33-44)22-25-63(26-23-57)43-13-15-49(53(30-43)72-45-29-42-19-24-58-54(42)60-35-45)55(66)61-73(70,71)46-14-16-50(51(31-46)65(68)69)59-34-40-17-20-56(4,67)21-18-40/h5-16,19,24,29-31,35,38,40,44,52,59,67H,17-18,20-23,25-28,32-34,36-37H2,1-4H3,(H,58,60)(H,61,66). The molecule has 4 aromatic carbocycles. The highest BCUT2D eigenvalue weighted by Crippen LogP contribution is 2.53. The molecule has 15 nitrogen and oxygen atoms in total. The molecule has 0 bridgehead atoms. The summed E-state index contributed by atoms with van der Waals surface area (Å²) in [6.45, 7) is 14.6. The number of sulfonamides is 1. The summed E-state index contributed by atoms with van der Waals surface area (Å²) in [5, 5.41) is 26.5. The number of ether oxygens (including phenoxy) is 1. The van der Waals surface area contributed by atoms with Crippen molar-refractivity contribution in [2.45, 2.75) is 114 Å². The third-order valence-electron chi connectivity index (χ3n) is 16.3. The van der Waals surface area contributed by atoms with Gasteiger partial charge in [-0.3, -0.25) is 24.7 Å². The lowest BCUT2D eigenvalue weighted by molar-refractivity contribution is -0.384. The fraction of sp³-hybridized carbons (Fsp3) is 0.439. The highest BCUT2D eigenvalue weighted by molar-refractivity contribution is 7.90. The number of hydrogen-bond acceptors (Lipinski definition) is 12. The first kappa shape index (κ1) is 50.2. The normalized spacial score (nSPS) is 21.8. The van der Waals surface area contributed by atoms with Crippen LogP contribution in [-0.4, -0.2) is 95.0 Å². The zero-order chi connectivity index (χ0) is 51.1. The molecule has 2 aliphatic heterocycles. The summed E-state index contributed by atoms with van der Waals surface area (Å²) in [5.41, 5.74) is 6.29. The average Bonchev–Trinajstić information content (AvgIpc) is 3.84. The Morgan fingerprint density at radius 3 is 2.44 bits per heavy atom. The fourth-order valence-corrected chi connectivity index (χ4v) is 12.9. The molecule has 6 aromatic rings. The second kappa shape index (κ2) is 20.5. The number of aromatic nitrogens is 2. The highest BCUT2D eigenvalue weighted by Gasteiger charge is 2.50.